The van der Waals surface area contributed by atoms with Gasteiger partial charge in [-0.2, -0.15) is 0 Å². The molecule has 1 aromatic carbocycles. The van der Waals surface area contributed by atoms with E-state index in [4.69, 9.17) is 0 Å². The predicted molar refractivity (Wildman–Crippen MR) is 73.9 cm³/mol. The summed E-state index contributed by atoms with van der Waals surface area (Å²) in [7, 11) is -3.04. The Labute approximate surface area is 113 Å². The highest BCUT2D eigenvalue weighted by Crippen LogP contribution is 2.15. The first-order valence-electron chi connectivity index (χ1n) is 6.24. The molecule has 0 radical (unpaired) electrons. The number of sulfone groups is 1. The second-order valence-corrected chi connectivity index (χ2v) is 7.06. The zero-order chi connectivity index (χ0) is 13.9. The Morgan fingerprint density at radius 3 is 2.89 bits per heavy atom. The van der Waals surface area contributed by atoms with Gasteiger partial charge in [-0.3, -0.25) is 4.79 Å². The number of hydrogen-bond acceptors (Lipinski definition) is 4. The summed E-state index contributed by atoms with van der Waals surface area (Å²) in [5, 5.41) is 5.88. The van der Waals surface area contributed by atoms with Crippen LogP contribution in [0.15, 0.2) is 18.2 Å². The summed E-state index contributed by atoms with van der Waals surface area (Å²) in [5.74, 6) is -0.261. The van der Waals surface area contributed by atoms with Gasteiger partial charge < -0.3 is 10.6 Å². The molecule has 1 aliphatic rings. The van der Waals surface area contributed by atoms with Crippen molar-refractivity contribution in [2.24, 2.45) is 0 Å². The number of benzene rings is 1. The van der Waals surface area contributed by atoms with Crippen LogP contribution in [0.1, 0.15) is 21.5 Å². The number of carbonyl (C=O) groups excluding carboxylic acids is 1. The number of nitrogens with one attached hydrogen (secondary N) is 2. The fraction of sp³-hybridized carbons (Fsp3) is 0.462. The smallest absolute Gasteiger partial charge is 0.251 e. The van der Waals surface area contributed by atoms with E-state index in [-0.39, 0.29) is 18.2 Å². The highest BCUT2D eigenvalue weighted by Gasteiger charge is 2.12. The van der Waals surface area contributed by atoms with Gasteiger partial charge in [0.05, 0.1) is 5.75 Å². The van der Waals surface area contributed by atoms with Crippen molar-refractivity contribution in [2.45, 2.75) is 13.0 Å². The average molecular weight is 282 g/mol. The van der Waals surface area contributed by atoms with Crippen molar-refractivity contribution >= 4 is 15.7 Å². The van der Waals surface area contributed by atoms with Crippen molar-refractivity contribution in [3.8, 4) is 0 Å². The molecule has 104 valence electrons. The lowest BCUT2D eigenvalue weighted by Crippen LogP contribution is -2.29. The molecule has 19 heavy (non-hydrogen) atoms. The van der Waals surface area contributed by atoms with Gasteiger partial charge in [0.25, 0.3) is 5.91 Å². The van der Waals surface area contributed by atoms with E-state index in [0.717, 1.165) is 31.3 Å². The van der Waals surface area contributed by atoms with Crippen LogP contribution in [0.4, 0.5) is 0 Å². The van der Waals surface area contributed by atoms with E-state index in [9.17, 15) is 13.2 Å². The van der Waals surface area contributed by atoms with Crippen molar-refractivity contribution in [2.75, 3.05) is 25.1 Å². The molecule has 1 heterocycles. The molecule has 0 aromatic heterocycles. The Bertz CT molecular complexity index is 582. The van der Waals surface area contributed by atoms with Gasteiger partial charge in [-0.1, -0.05) is 6.07 Å². The normalized spacial score (nSPS) is 14.8. The maximum absolute atomic E-state index is 11.9. The topological polar surface area (TPSA) is 75.3 Å². The van der Waals surface area contributed by atoms with Crippen LogP contribution in [-0.2, 0) is 22.8 Å². The molecule has 5 nitrogen and oxygen atoms in total. The summed E-state index contributed by atoms with van der Waals surface area (Å²) in [4.78, 5) is 11.9. The van der Waals surface area contributed by atoms with Gasteiger partial charge in [-0.05, 0) is 36.2 Å². The van der Waals surface area contributed by atoms with Crippen molar-refractivity contribution < 1.29 is 13.2 Å². The molecule has 0 bridgehead atoms. The number of rotatable bonds is 4. The second kappa shape index (κ2) is 5.71. The second-order valence-electron chi connectivity index (χ2n) is 4.80. The monoisotopic (exact) mass is 282 g/mol. The molecular weight excluding hydrogens is 264 g/mol. The summed E-state index contributed by atoms with van der Waals surface area (Å²) in [6, 6.07) is 5.64. The third-order valence-corrected chi connectivity index (χ3v) is 4.06. The maximum atomic E-state index is 11.9. The van der Waals surface area contributed by atoms with Gasteiger partial charge in [-0.25, -0.2) is 8.42 Å². The van der Waals surface area contributed by atoms with E-state index in [1.807, 2.05) is 12.1 Å². The van der Waals surface area contributed by atoms with Gasteiger partial charge in [-0.15, -0.1) is 0 Å². The van der Waals surface area contributed by atoms with E-state index in [2.05, 4.69) is 10.6 Å². The third kappa shape index (κ3) is 4.04. The van der Waals surface area contributed by atoms with E-state index in [0.29, 0.717) is 5.56 Å². The highest BCUT2D eigenvalue weighted by molar-refractivity contribution is 7.90. The number of carbonyl (C=O) groups is 1. The van der Waals surface area contributed by atoms with Crippen LogP contribution in [0, 0.1) is 0 Å². The van der Waals surface area contributed by atoms with Gasteiger partial charge in [0, 0.05) is 24.9 Å². The largest absolute Gasteiger partial charge is 0.351 e. The summed E-state index contributed by atoms with van der Waals surface area (Å²) in [6.45, 7) is 1.89. The van der Waals surface area contributed by atoms with Crippen LogP contribution in [0.2, 0.25) is 0 Å². The van der Waals surface area contributed by atoms with Crippen LogP contribution in [0.5, 0.6) is 0 Å². The minimum absolute atomic E-state index is 0.0365. The molecule has 0 unspecified atom stereocenters. The third-order valence-electron chi connectivity index (χ3n) is 3.11. The first kappa shape index (κ1) is 14.0. The Morgan fingerprint density at radius 1 is 1.37 bits per heavy atom. The summed E-state index contributed by atoms with van der Waals surface area (Å²) < 4.78 is 22.0. The zero-order valence-electron chi connectivity index (χ0n) is 10.9. The van der Waals surface area contributed by atoms with E-state index < -0.39 is 9.84 Å². The number of fused-ring (bicyclic) bond motifs is 1. The molecule has 2 rings (SSSR count). The molecule has 1 aromatic rings. The van der Waals surface area contributed by atoms with Crippen LogP contribution in [0.25, 0.3) is 0 Å². The zero-order valence-corrected chi connectivity index (χ0v) is 11.7. The standard InChI is InChI=1S/C13H18N2O3S/c1-19(17,18)7-6-15-13(16)11-3-2-10-4-5-14-9-12(10)8-11/h2-3,8,14H,4-7,9H2,1H3,(H,15,16). The van der Waals surface area contributed by atoms with Crippen LogP contribution in [-0.4, -0.2) is 39.4 Å². The van der Waals surface area contributed by atoms with Gasteiger partial charge >= 0.3 is 0 Å². The van der Waals surface area contributed by atoms with Crippen LogP contribution >= 0.6 is 0 Å². The quantitative estimate of drug-likeness (QED) is 0.822. The Morgan fingerprint density at radius 2 is 2.16 bits per heavy atom. The van der Waals surface area contributed by atoms with Crippen molar-refractivity contribution in [3.63, 3.8) is 0 Å². The molecule has 0 fully saturated rings. The minimum atomic E-state index is -3.04. The molecule has 0 spiro atoms. The molecule has 0 aliphatic carbocycles. The lowest BCUT2D eigenvalue weighted by atomic mass is 9.98. The molecule has 1 amide bonds. The molecule has 0 atom stereocenters. The van der Waals surface area contributed by atoms with Crippen molar-refractivity contribution in [1.29, 1.82) is 0 Å². The van der Waals surface area contributed by atoms with Gasteiger partial charge in [0.15, 0.2) is 0 Å². The van der Waals surface area contributed by atoms with Gasteiger partial charge in [0.1, 0.15) is 9.84 Å². The van der Waals surface area contributed by atoms with Crippen molar-refractivity contribution in [1.82, 2.24) is 10.6 Å². The molecule has 1 aliphatic heterocycles. The Balaban J connectivity index is 1.99. The fourth-order valence-corrected chi connectivity index (χ4v) is 2.55. The summed E-state index contributed by atoms with van der Waals surface area (Å²) in [5.41, 5.74) is 2.99. The Hall–Kier alpha value is -1.40. The van der Waals surface area contributed by atoms with E-state index in [1.54, 1.807) is 6.07 Å². The highest BCUT2D eigenvalue weighted by atomic mass is 32.2. The average Bonchev–Trinajstić information content (AvgIpc) is 2.36. The lowest BCUT2D eigenvalue weighted by molar-refractivity contribution is 0.0956. The Kier molecular flexibility index (Phi) is 4.21. The first-order chi connectivity index (χ1) is 8.96. The summed E-state index contributed by atoms with van der Waals surface area (Å²) >= 11 is 0. The number of hydrogen-bond donors (Lipinski definition) is 2. The molecule has 6 heteroatoms. The van der Waals surface area contributed by atoms with Gasteiger partial charge in [0.2, 0.25) is 0 Å². The molecule has 0 saturated carbocycles. The SMILES string of the molecule is CS(=O)(=O)CCNC(=O)c1ccc2c(c1)CNCC2. The van der Waals surface area contributed by atoms with E-state index >= 15 is 0 Å². The molecule has 2 N–H and O–H groups in total. The first-order valence-corrected chi connectivity index (χ1v) is 8.30. The maximum Gasteiger partial charge on any atom is 0.251 e. The van der Waals surface area contributed by atoms with Crippen LogP contribution < -0.4 is 10.6 Å². The predicted octanol–water partition coefficient (Wildman–Crippen LogP) is 0.107. The minimum Gasteiger partial charge on any atom is -0.351 e. The van der Waals surface area contributed by atoms with Crippen LogP contribution in [0.3, 0.4) is 0 Å². The van der Waals surface area contributed by atoms with Crippen molar-refractivity contribution in [3.05, 3.63) is 34.9 Å². The number of amides is 1. The van der Waals surface area contributed by atoms with E-state index in [1.165, 1.54) is 5.56 Å². The molecule has 0 saturated heterocycles. The molecular formula is C13H18N2O3S. The fourth-order valence-electron chi connectivity index (χ4n) is 2.07. The lowest BCUT2D eigenvalue weighted by Gasteiger charge is -2.17. The summed E-state index contributed by atoms with van der Waals surface area (Å²) in [6.07, 6.45) is 2.13.